The summed E-state index contributed by atoms with van der Waals surface area (Å²) in [7, 11) is 0. The van der Waals surface area contributed by atoms with Gasteiger partial charge in [0.2, 0.25) is 0 Å². The quantitative estimate of drug-likeness (QED) is 0.713. The molecule has 1 heterocycles. The Morgan fingerprint density at radius 1 is 1.29 bits per heavy atom. The Bertz CT molecular complexity index is 533. The molecule has 1 amide bonds. The van der Waals surface area contributed by atoms with Gasteiger partial charge in [0.1, 0.15) is 5.75 Å². The van der Waals surface area contributed by atoms with Crippen LogP contribution in [-0.2, 0) is 0 Å². The summed E-state index contributed by atoms with van der Waals surface area (Å²) < 4.78 is 0.974. The van der Waals surface area contributed by atoms with Gasteiger partial charge >= 0.3 is 0 Å². The Labute approximate surface area is 139 Å². The van der Waals surface area contributed by atoms with Gasteiger partial charge in [-0.2, -0.15) is 0 Å². The number of nitrogens with zero attached hydrogens (tertiary/aromatic N) is 1. The van der Waals surface area contributed by atoms with Crippen LogP contribution in [0.25, 0.3) is 0 Å². The van der Waals surface area contributed by atoms with Crippen molar-refractivity contribution in [2.24, 2.45) is 0 Å². The number of carbonyl (C=O) groups excluding carboxylic acids is 1. The molecule has 21 heavy (non-hydrogen) atoms. The third-order valence-electron chi connectivity index (χ3n) is 4.76. The molecule has 0 atom stereocenters. The fourth-order valence-corrected chi connectivity index (χ4v) is 4.13. The molecule has 0 unspecified atom stereocenters. The molecule has 0 aromatic heterocycles. The normalized spacial score (nSPS) is 21.5. The highest BCUT2D eigenvalue weighted by atomic mass is 127. The number of nitrogens with one attached hydrogen (secondary N) is 1. The number of amides is 1. The third-order valence-corrected chi connectivity index (χ3v) is 5.43. The van der Waals surface area contributed by atoms with Gasteiger partial charge < -0.3 is 15.3 Å². The van der Waals surface area contributed by atoms with Gasteiger partial charge in [0.15, 0.2) is 0 Å². The van der Waals surface area contributed by atoms with Gasteiger partial charge in [-0.1, -0.05) is 19.3 Å². The molecule has 114 valence electrons. The molecule has 1 aromatic carbocycles. The first-order valence-corrected chi connectivity index (χ1v) is 8.71. The first kappa shape index (κ1) is 15.1. The van der Waals surface area contributed by atoms with Crippen molar-refractivity contribution in [1.29, 1.82) is 0 Å². The van der Waals surface area contributed by atoms with Crippen LogP contribution in [0.5, 0.6) is 5.75 Å². The van der Waals surface area contributed by atoms with Crippen LogP contribution in [0.2, 0.25) is 0 Å². The highest BCUT2D eigenvalue weighted by Gasteiger charge is 2.42. The summed E-state index contributed by atoms with van der Waals surface area (Å²) in [5, 5.41) is 13.5. The number of phenols is 1. The molecule has 1 saturated carbocycles. The van der Waals surface area contributed by atoms with E-state index >= 15 is 0 Å². The Morgan fingerprint density at radius 2 is 2.05 bits per heavy atom. The van der Waals surface area contributed by atoms with Gasteiger partial charge in [-0.25, -0.2) is 0 Å². The summed E-state index contributed by atoms with van der Waals surface area (Å²) in [4.78, 5) is 15.0. The van der Waals surface area contributed by atoms with Crippen LogP contribution in [0.4, 0.5) is 0 Å². The lowest BCUT2D eigenvalue weighted by atomic mass is 9.78. The van der Waals surface area contributed by atoms with Crippen LogP contribution in [0.1, 0.15) is 42.5 Å². The van der Waals surface area contributed by atoms with E-state index in [1.54, 1.807) is 12.1 Å². The second-order valence-electron chi connectivity index (χ2n) is 6.08. The number of carbonyl (C=O) groups is 1. The van der Waals surface area contributed by atoms with Gasteiger partial charge in [0.05, 0.1) is 11.1 Å². The molecular formula is C16H21IN2O2. The van der Waals surface area contributed by atoms with Crippen molar-refractivity contribution in [3.8, 4) is 5.75 Å². The lowest BCUT2D eigenvalue weighted by Gasteiger charge is -2.49. The molecule has 3 rings (SSSR count). The van der Waals surface area contributed by atoms with E-state index in [-0.39, 0.29) is 17.2 Å². The molecule has 0 bridgehead atoms. The second-order valence-corrected chi connectivity index (χ2v) is 7.33. The van der Waals surface area contributed by atoms with Crippen molar-refractivity contribution in [3.05, 3.63) is 27.3 Å². The number of phenolic OH excluding ortho intramolecular Hbond substituents is 1. The third kappa shape index (κ3) is 2.90. The van der Waals surface area contributed by atoms with Crippen LogP contribution in [-0.4, -0.2) is 41.1 Å². The van der Waals surface area contributed by atoms with E-state index in [1.165, 1.54) is 19.3 Å². The number of rotatable bonds is 1. The zero-order valence-corrected chi connectivity index (χ0v) is 14.2. The average Bonchev–Trinajstić information content (AvgIpc) is 2.50. The van der Waals surface area contributed by atoms with Crippen LogP contribution < -0.4 is 5.32 Å². The van der Waals surface area contributed by atoms with Crippen LogP contribution in [0, 0.1) is 3.57 Å². The molecule has 2 N–H and O–H groups in total. The Kier molecular flexibility index (Phi) is 4.40. The van der Waals surface area contributed by atoms with E-state index in [1.807, 2.05) is 11.0 Å². The predicted octanol–water partition coefficient (Wildman–Crippen LogP) is 2.75. The fraction of sp³-hybridized carbons (Fsp3) is 0.562. The van der Waals surface area contributed by atoms with Crippen LogP contribution >= 0.6 is 22.6 Å². The number of halogens is 1. The SMILES string of the molecule is O=C(c1cc(I)ccc1O)N1CCNCC12CCCCC2. The molecule has 1 aromatic rings. The molecule has 0 radical (unpaired) electrons. The topological polar surface area (TPSA) is 52.6 Å². The van der Waals surface area contributed by atoms with Crippen molar-refractivity contribution in [2.45, 2.75) is 37.6 Å². The van der Waals surface area contributed by atoms with Gasteiger partial charge in [0, 0.05) is 23.2 Å². The van der Waals surface area contributed by atoms with Crippen molar-refractivity contribution in [1.82, 2.24) is 10.2 Å². The minimum absolute atomic E-state index is 0.0191. The molecule has 5 heteroatoms. The van der Waals surface area contributed by atoms with E-state index < -0.39 is 0 Å². The fourth-order valence-electron chi connectivity index (χ4n) is 3.64. The molecular weight excluding hydrogens is 379 g/mol. The monoisotopic (exact) mass is 400 g/mol. The Hall–Kier alpha value is -0.820. The summed E-state index contributed by atoms with van der Waals surface area (Å²) in [5.41, 5.74) is 0.384. The first-order chi connectivity index (χ1) is 10.1. The van der Waals surface area contributed by atoms with Crippen LogP contribution in [0.3, 0.4) is 0 Å². The minimum atomic E-state index is -0.0543. The summed E-state index contributed by atoms with van der Waals surface area (Å²) in [6.45, 7) is 2.44. The van der Waals surface area contributed by atoms with E-state index in [9.17, 15) is 9.90 Å². The lowest BCUT2D eigenvalue weighted by molar-refractivity contribution is 0.0220. The number of benzene rings is 1. The van der Waals surface area contributed by atoms with Crippen molar-refractivity contribution < 1.29 is 9.90 Å². The predicted molar refractivity (Wildman–Crippen MR) is 90.5 cm³/mol. The second kappa shape index (κ2) is 6.12. The molecule has 2 fully saturated rings. The van der Waals surface area contributed by atoms with Gasteiger partial charge in [-0.05, 0) is 53.6 Å². The number of piperazine rings is 1. The molecule has 1 aliphatic heterocycles. The maximum absolute atomic E-state index is 13.0. The molecule has 1 saturated heterocycles. The number of aromatic hydroxyl groups is 1. The number of hydrogen-bond acceptors (Lipinski definition) is 3. The zero-order valence-electron chi connectivity index (χ0n) is 12.1. The van der Waals surface area contributed by atoms with Gasteiger partial charge in [-0.3, -0.25) is 4.79 Å². The first-order valence-electron chi connectivity index (χ1n) is 7.64. The van der Waals surface area contributed by atoms with Gasteiger partial charge in [0.25, 0.3) is 5.91 Å². The smallest absolute Gasteiger partial charge is 0.258 e. The summed E-state index contributed by atoms with van der Waals surface area (Å²) in [6.07, 6.45) is 5.76. The maximum atomic E-state index is 13.0. The molecule has 4 nitrogen and oxygen atoms in total. The minimum Gasteiger partial charge on any atom is -0.507 e. The zero-order chi connectivity index (χ0) is 14.9. The average molecular weight is 400 g/mol. The van der Waals surface area contributed by atoms with E-state index in [0.29, 0.717) is 5.56 Å². The lowest BCUT2D eigenvalue weighted by Crippen LogP contribution is -2.63. The van der Waals surface area contributed by atoms with E-state index in [2.05, 4.69) is 27.9 Å². The van der Waals surface area contributed by atoms with Crippen molar-refractivity contribution >= 4 is 28.5 Å². The number of hydrogen-bond donors (Lipinski definition) is 2. The summed E-state index contributed by atoms with van der Waals surface area (Å²) in [6, 6.07) is 5.22. The largest absolute Gasteiger partial charge is 0.507 e. The van der Waals surface area contributed by atoms with Crippen LogP contribution in [0.15, 0.2) is 18.2 Å². The highest BCUT2D eigenvalue weighted by molar-refractivity contribution is 14.1. The Morgan fingerprint density at radius 3 is 2.81 bits per heavy atom. The molecule has 2 aliphatic rings. The van der Waals surface area contributed by atoms with Crippen molar-refractivity contribution in [2.75, 3.05) is 19.6 Å². The maximum Gasteiger partial charge on any atom is 0.258 e. The highest BCUT2D eigenvalue weighted by Crippen LogP contribution is 2.36. The van der Waals surface area contributed by atoms with E-state index in [0.717, 1.165) is 36.0 Å². The molecule has 1 aliphatic carbocycles. The van der Waals surface area contributed by atoms with Crippen molar-refractivity contribution in [3.63, 3.8) is 0 Å². The van der Waals surface area contributed by atoms with E-state index in [4.69, 9.17) is 0 Å². The molecule has 1 spiro atoms. The van der Waals surface area contributed by atoms with Gasteiger partial charge in [-0.15, -0.1) is 0 Å². The summed E-state index contributed by atoms with van der Waals surface area (Å²) in [5.74, 6) is 0.0688. The Balaban J connectivity index is 1.92. The standard InChI is InChI=1S/C16H21IN2O2/c17-12-4-5-14(20)13(10-12)15(21)19-9-8-18-11-16(19)6-2-1-3-7-16/h4-5,10,18,20H,1-3,6-9,11H2. The summed E-state index contributed by atoms with van der Waals surface area (Å²) >= 11 is 2.18.